The maximum Gasteiger partial charge on any atom is 0.416 e. The Hall–Kier alpha value is -4.00. The second-order valence-electron chi connectivity index (χ2n) is 7.33. The summed E-state index contributed by atoms with van der Waals surface area (Å²) < 4.78 is 83.7. The van der Waals surface area contributed by atoms with Crippen molar-refractivity contribution in [3.8, 4) is 0 Å². The molecule has 6 nitrogen and oxygen atoms in total. The lowest BCUT2D eigenvalue weighted by Crippen LogP contribution is -2.20. The van der Waals surface area contributed by atoms with Crippen molar-refractivity contribution in [2.24, 2.45) is 10.2 Å². The molecule has 0 fully saturated rings. The smallest absolute Gasteiger partial charge is 0.416 e. The van der Waals surface area contributed by atoms with E-state index in [2.05, 4.69) is 20.9 Å². The van der Waals surface area contributed by atoms with Crippen molar-refractivity contribution in [3.05, 3.63) is 83.4 Å². The highest BCUT2D eigenvalue weighted by atomic mass is 32.1. The van der Waals surface area contributed by atoms with Gasteiger partial charge in [0.1, 0.15) is 11.4 Å². The Kier molecular flexibility index (Phi) is 8.48. The zero-order valence-electron chi connectivity index (χ0n) is 18.9. The number of carbonyl (C=O) groups is 1. The second kappa shape index (κ2) is 11.4. The Morgan fingerprint density at radius 1 is 0.838 bits per heavy atom. The predicted molar refractivity (Wildman–Crippen MR) is 129 cm³/mol. The van der Waals surface area contributed by atoms with Crippen LogP contribution in [0.3, 0.4) is 0 Å². The number of ether oxygens (including phenoxy) is 1. The standard InChI is InChI=1S/C24H18F6N4O2S/c1-2-36-21(35)17-7-3-4-8-18(17)33-34-20-10-6-5-9-19(20)32-22(37)31-16-12-14(23(25,26)27)11-15(13-16)24(28,29)30/h3-13H,2H2,1H3,(H2,31,32,37). The lowest BCUT2D eigenvalue weighted by molar-refractivity contribution is -0.143. The number of benzene rings is 3. The van der Waals surface area contributed by atoms with Gasteiger partial charge < -0.3 is 15.4 Å². The highest BCUT2D eigenvalue weighted by Gasteiger charge is 2.37. The van der Waals surface area contributed by atoms with E-state index in [0.29, 0.717) is 12.1 Å². The fraction of sp³-hybridized carbons (Fsp3) is 0.167. The summed E-state index contributed by atoms with van der Waals surface area (Å²) in [5.74, 6) is -0.590. The van der Waals surface area contributed by atoms with Crippen LogP contribution in [0, 0.1) is 0 Å². The minimum atomic E-state index is -5.00. The molecule has 0 saturated carbocycles. The van der Waals surface area contributed by atoms with Crippen LogP contribution in [0.25, 0.3) is 0 Å². The molecular formula is C24H18F6N4O2S. The van der Waals surface area contributed by atoms with Gasteiger partial charge in [-0.2, -0.15) is 26.3 Å². The van der Waals surface area contributed by atoms with Gasteiger partial charge in [0.2, 0.25) is 0 Å². The minimum absolute atomic E-state index is 0.0193. The predicted octanol–water partition coefficient (Wildman–Crippen LogP) is 8.13. The molecule has 0 saturated heterocycles. The number of alkyl halides is 6. The summed E-state index contributed by atoms with van der Waals surface area (Å²) in [6.07, 6.45) is -10.0. The molecule has 0 aliphatic rings. The van der Waals surface area contributed by atoms with Gasteiger partial charge in [0.05, 0.1) is 29.0 Å². The first-order valence-corrected chi connectivity index (χ1v) is 10.9. The van der Waals surface area contributed by atoms with Gasteiger partial charge in [-0.05, 0) is 61.6 Å². The molecule has 0 amide bonds. The van der Waals surface area contributed by atoms with Crippen molar-refractivity contribution in [2.75, 3.05) is 17.2 Å². The molecule has 0 heterocycles. The molecule has 0 bridgehead atoms. The first-order chi connectivity index (χ1) is 17.4. The van der Waals surface area contributed by atoms with Crippen LogP contribution in [0.2, 0.25) is 0 Å². The Morgan fingerprint density at radius 3 is 1.97 bits per heavy atom. The summed E-state index contributed by atoms with van der Waals surface area (Å²) in [6, 6.07) is 13.7. The van der Waals surface area contributed by atoms with Gasteiger partial charge in [-0.15, -0.1) is 10.2 Å². The van der Waals surface area contributed by atoms with E-state index in [-0.39, 0.29) is 40.4 Å². The molecular weight excluding hydrogens is 522 g/mol. The van der Waals surface area contributed by atoms with E-state index in [0.717, 1.165) is 0 Å². The number of para-hydroxylation sites is 1. The number of nitrogens with one attached hydrogen (secondary N) is 2. The number of esters is 1. The van der Waals surface area contributed by atoms with Crippen LogP contribution in [-0.2, 0) is 17.1 Å². The van der Waals surface area contributed by atoms with Crippen molar-refractivity contribution < 1.29 is 35.9 Å². The third kappa shape index (κ3) is 7.49. The van der Waals surface area contributed by atoms with E-state index >= 15 is 0 Å². The van der Waals surface area contributed by atoms with E-state index in [1.54, 1.807) is 37.3 Å². The monoisotopic (exact) mass is 540 g/mol. The van der Waals surface area contributed by atoms with Gasteiger partial charge in [-0.3, -0.25) is 0 Å². The number of hydrogen-bond donors (Lipinski definition) is 2. The molecule has 3 rings (SSSR count). The molecule has 37 heavy (non-hydrogen) atoms. The van der Waals surface area contributed by atoms with Crippen LogP contribution in [0.15, 0.2) is 77.0 Å². The molecule has 0 aliphatic carbocycles. The molecule has 0 aromatic heterocycles. The van der Waals surface area contributed by atoms with Gasteiger partial charge >= 0.3 is 18.3 Å². The number of azo groups is 1. The van der Waals surface area contributed by atoms with Crippen LogP contribution in [-0.4, -0.2) is 17.7 Å². The van der Waals surface area contributed by atoms with Gasteiger partial charge in [-0.25, -0.2) is 4.79 Å². The van der Waals surface area contributed by atoms with Crippen LogP contribution in [0.5, 0.6) is 0 Å². The SMILES string of the molecule is CCOC(=O)c1ccccc1N=Nc1ccccc1NC(=S)Nc1cc(C(F)(F)F)cc(C(F)(F)F)c1. The Balaban J connectivity index is 1.84. The third-order valence-electron chi connectivity index (χ3n) is 4.66. The molecule has 3 aromatic carbocycles. The molecule has 0 radical (unpaired) electrons. The normalized spacial score (nSPS) is 11.9. The number of nitrogens with zero attached hydrogens (tertiary/aromatic N) is 2. The van der Waals surface area contributed by atoms with Crippen LogP contribution in [0.4, 0.5) is 49.1 Å². The molecule has 194 valence electrons. The maximum absolute atomic E-state index is 13.1. The fourth-order valence-electron chi connectivity index (χ4n) is 3.03. The largest absolute Gasteiger partial charge is 0.462 e. The summed E-state index contributed by atoms with van der Waals surface area (Å²) in [7, 11) is 0. The zero-order chi connectivity index (χ0) is 27.2. The van der Waals surface area contributed by atoms with Crippen molar-refractivity contribution in [1.29, 1.82) is 0 Å². The molecule has 13 heteroatoms. The summed E-state index contributed by atoms with van der Waals surface area (Å²) in [5.41, 5.74) is -2.60. The number of rotatable bonds is 6. The van der Waals surface area contributed by atoms with Crippen molar-refractivity contribution in [2.45, 2.75) is 19.3 Å². The molecule has 0 unspecified atom stereocenters. The van der Waals surface area contributed by atoms with E-state index in [9.17, 15) is 31.1 Å². The van der Waals surface area contributed by atoms with Gasteiger partial charge in [0.15, 0.2) is 5.11 Å². The van der Waals surface area contributed by atoms with Gasteiger partial charge in [0, 0.05) is 5.69 Å². The van der Waals surface area contributed by atoms with E-state index in [1.165, 1.54) is 18.2 Å². The maximum atomic E-state index is 13.1. The lowest BCUT2D eigenvalue weighted by atomic mass is 10.1. The zero-order valence-corrected chi connectivity index (χ0v) is 19.8. The first kappa shape index (κ1) is 27.6. The van der Waals surface area contributed by atoms with Crippen LogP contribution < -0.4 is 10.6 Å². The molecule has 0 atom stereocenters. The van der Waals surface area contributed by atoms with E-state index < -0.39 is 35.1 Å². The van der Waals surface area contributed by atoms with Gasteiger partial charge in [0.25, 0.3) is 0 Å². The lowest BCUT2D eigenvalue weighted by Gasteiger charge is -2.16. The number of carbonyl (C=O) groups excluding carboxylic acids is 1. The second-order valence-corrected chi connectivity index (χ2v) is 7.74. The Labute approximate surface area is 212 Å². The summed E-state index contributed by atoms with van der Waals surface area (Å²) >= 11 is 5.09. The quantitative estimate of drug-likeness (QED) is 0.143. The minimum Gasteiger partial charge on any atom is -0.462 e. The Morgan fingerprint density at radius 2 is 1.38 bits per heavy atom. The fourth-order valence-corrected chi connectivity index (χ4v) is 3.26. The van der Waals surface area contributed by atoms with Crippen LogP contribution >= 0.6 is 12.2 Å². The van der Waals surface area contributed by atoms with Crippen LogP contribution in [0.1, 0.15) is 28.4 Å². The highest BCUT2D eigenvalue weighted by molar-refractivity contribution is 7.80. The first-order valence-electron chi connectivity index (χ1n) is 10.5. The van der Waals surface area contributed by atoms with Gasteiger partial charge in [-0.1, -0.05) is 24.3 Å². The Bertz CT molecular complexity index is 1290. The molecule has 0 aliphatic heterocycles. The number of anilines is 2. The van der Waals surface area contributed by atoms with E-state index in [4.69, 9.17) is 17.0 Å². The van der Waals surface area contributed by atoms with Crippen molar-refractivity contribution in [3.63, 3.8) is 0 Å². The van der Waals surface area contributed by atoms with Crippen molar-refractivity contribution in [1.82, 2.24) is 0 Å². The number of hydrogen-bond acceptors (Lipinski definition) is 5. The molecule has 2 N–H and O–H groups in total. The number of halogens is 6. The summed E-state index contributed by atoms with van der Waals surface area (Å²) in [6.45, 7) is 1.82. The third-order valence-corrected chi connectivity index (χ3v) is 4.87. The average molecular weight is 540 g/mol. The summed E-state index contributed by atoms with van der Waals surface area (Å²) in [5, 5.41) is 12.9. The molecule has 3 aromatic rings. The van der Waals surface area contributed by atoms with Crippen molar-refractivity contribution >= 4 is 46.0 Å². The summed E-state index contributed by atoms with van der Waals surface area (Å²) in [4.78, 5) is 12.1. The average Bonchev–Trinajstić information content (AvgIpc) is 2.82. The number of thiocarbonyl (C=S) groups is 1. The molecule has 0 spiro atoms. The highest BCUT2D eigenvalue weighted by Crippen LogP contribution is 2.37. The topological polar surface area (TPSA) is 75.1 Å². The van der Waals surface area contributed by atoms with E-state index in [1.807, 2.05) is 0 Å².